The summed E-state index contributed by atoms with van der Waals surface area (Å²) in [6.07, 6.45) is 0.988. The molecule has 0 aliphatic rings. The molecule has 0 saturated heterocycles. The van der Waals surface area contributed by atoms with Gasteiger partial charge in [-0.3, -0.25) is 0 Å². The van der Waals surface area contributed by atoms with Crippen molar-refractivity contribution in [1.82, 2.24) is 9.55 Å². The minimum atomic E-state index is 0.257. The molecule has 0 saturated carbocycles. The SMILES string of the molecule is CCC(c1cccs1)n1c(CCl)nc2ccc(Cl)cc21. The Hall–Kier alpha value is -1.03. The molecule has 3 rings (SSSR count). The zero-order chi connectivity index (χ0) is 14.1. The van der Waals surface area contributed by atoms with Crippen molar-refractivity contribution >= 4 is 45.6 Å². The molecule has 5 heteroatoms. The van der Waals surface area contributed by atoms with E-state index in [2.05, 4.69) is 34.0 Å². The molecule has 0 amide bonds. The van der Waals surface area contributed by atoms with E-state index in [4.69, 9.17) is 23.2 Å². The third kappa shape index (κ3) is 2.34. The summed E-state index contributed by atoms with van der Waals surface area (Å²) in [5.41, 5.74) is 1.99. The Kier molecular flexibility index (Phi) is 4.01. The summed E-state index contributed by atoms with van der Waals surface area (Å²) in [6.45, 7) is 2.18. The lowest BCUT2D eigenvalue weighted by Crippen LogP contribution is -2.11. The van der Waals surface area contributed by atoms with Crippen molar-refractivity contribution in [1.29, 1.82) is 0 Å². The quantitative estimate of drug-likeness (QED) is 0.580. The largest absolute Gasteiger partial charge is 0.318 e. The number of aromatic nitrogens is 2. The van der Waals surface area contributed by atoms with Crippen LogP contribution in [-0.2, 0) is 5.88 Å². The van der Waals surface area contributed by atoms with Gasteiger partial charge in [-0.2, -0.15) is 0 Å². The van der Waals surface area contributed by atoms with Crippen LogP contribution in [0.3, 0.4) is 0 Å². The van der Waals surface area contributed by atoms with Crippen LogP contribution in [0.1, 0.15) is 30.1 Å². The fourth-order valence-electron chi connectivity index (χ4n) is 2.55. The first kappa shape index (κ1) is 13.9. The molecule has 1 aromatic carbocycles. The van der Waals surface area contributed by atoms with E-state index in [9.17, 15) is 0 Å². The molecule has 20 heavy (non-hydrogen) atoms. The summed E-state index contributed by atoms with van der Waals surface area (Å²) in [4.78, 5) is 5.95. The average molecular weight is 325 g/mol. The van der Waals surface area contributed by atoms with Gasteiger partial charge in [-0.05, 0) is 36.1 Å². The maximum absolute atomic E-state index is 6.14. The second-order valence-electron chi connectivity index (χ2n) is 4.60. The van der Waals surface area contributed by atoms with Crippen LogP contribution in [0.25, 0.3) is 11.0 Å². The Morgan fingerprint density at radius 1 is 1.35 bits per heavy atom. The van der Waals surface area contributed by atoms with Gasteiger partial charge in [0.25, 0.3) is 0 Å². The zero-order valence-corrected chi connectivity index (χ0v) is 13.3. The van der Waals surface area contributed by atoms with E-state index in [1.165, 1.54) is 4.88 Å². The van der Waals surface area contributed by atoms with Crippen molar-refractivity contribution in [3.8, 4) is 0 Å². The Bertz CT molecular complexity index is 719. The van der Waals surface area contributed by atoms with E-state index >= 15 is 0 Å². The van der Waals surface area contributed by atoms with E-state index in [0.717, 1.165) is 28.3 Å². The summed E-state index contributed by atoms with van der Waals surface area (Å²) in [6, 6.07) is 10.3. The van der Waals surface area contributed by atoms with Crippen molar-refractivity contribution in [3.05, 3.63) is 51.4 Å². The highest BCUT2D eigenvalue weighted by Crippen LogP contribution is 2.32. The first-order valence-electron chi connectivity index (χ1n) is 6.50. The molecule has 0 aliphatic carbocycles. The molecule has 2 heterocycles. The number of fused-ring (bicyclic) bond motifs is 1. The van der Waals surface area contributed by atoms with E-state index in [-0.39, 0.29) is 6.04 Å². The highest BCUT2D eigenvalue weighted by atomic mass is 35.5. The summed E-state index contributed by atoms with van der Waals surface area (Å²) in [5, 5.41) is 2.82. The topological polar surface area (TPSA) is 17.8 Å². The normalized spacial score (nSPS) is 12.9. The van der Waals surface area contributed by atoms with Crippen molar-refractivity contribution in [2.45, 2.75) is 25.3 Å². The lowest BCUT2D eigenvalue weighted by molar-refractivity contribution is 0.574. The molecule has 1 atom stereocenters. The number of halogens is 2. The number of imidazole rings is 1. The number of hydrogen-bond donors (Lipinski definition) is 0. The first-order valence-corrected chi connectivity index (χ1v) is 8.29. The number of rotatable bonds is 4. The molecule has 0 aliphatic heterocycles. The molecule has 0 N–H and O–H groups in total. The maximum Gasteiger partial charge on any atom is 0.125 e. The van der Waals surface area contributed by atoms with Crippen molar-refractivity contribution in [2.75, 3.05) is 0 Å². The predicted octanol–water partition coefficient (Wildman–Crippen LogP) is 5.49. The fourth-order valence-corrected chi connectivity index (χ4v) is 3.81. The molecule has 2 aromatic heterocycles. The highest BCUT2D eigenvalue weighted by molar-refractivity contribution is 7.10. The van der Waals surface area contributed by atoms with E-state index in [0.29, 0.717) is 5.88 Å². The van der Waals surface area contributed by atoms with Gasteiger partial charge >= 0.3 is 0 Å². The molecular formula is C15H14Cl2N2S. The molecular weight excluding hydrogens is 311 g/mol. The molecule has 0 spiro atoms. The lowest BCUT2D eigenvalue weighted by Gasteiger charge is -2.18. The highest BCUT2D eigenvalue weighted by Gasteiger charge is 2.20. The van der Waals surface area contributed by atoms with E-state index in [1.54, 1.807) is 11.3 Å². The third-order valence-corrected chi connectivity index (χ3v) is 4.86. The van der Waals surface area contributed by atoms with E-state index < -0.39 is 0 Å². The average Bonchev–Trinajstić information content (AvgIpc) is 3.08. The lowest BCUT2D eigenvalue weighted by atomic mass is 10.1. The minimum Gasteiger partial charge on any atom is -0.318 e. The molecule has 0 bridgehead atoms. The van der Waals surface area contributed by atoms with Gasteiger partial charge in [0.05, 0.1) is 23.0 Å². The van der Waals surface area contributed by atoms with Gasteiger partial charge in [0.15, 0.2) is 0 Å². The van der Waals surface area contributed by atoms with Gasteiger partial charge in [0, 0.05) is 9.90 Å². The van der Waals surface area contributed by atoms with E-state index in [1.807, 2.05) is 18.2 Å². The Balaban J connectivity index is 2.24. The third-order valence-electron chi connectivity index (χ3n) is 3.41. The number of alkyl halides is 1. The Labute approximate surface area is 132 Å². The first-order chi connectivity index (χ1) is 9.74. The number of benzene rings is 1. The summed E-state index contributed by atoms with van der Waals surface area (Å²) < 4.78 is 2.22. The summed E-state index contributed by atoms with van der Waals surface area (Å²) >= 11 is 14.0. The second-order valence-corrected chi connectivity index (χ2v) is 6.29. The van der Waals surface area contributed by atoms with Crippen LogP contribution >= 0.6 is 34.5 Å². The van der Waals surface area contributed by atoms with Gasteiger partial charge in [0.1, 0.15) is 5.82 Å². The molecule has 0 fully saturated rings. The van der Waals surface area contributed by atoms with Crippen molar-refractivity contribution in [2.24, 2.45) is 0 Å². The van der Waals surface area contributed by atoms with Crippen LogP contribution in [-0.4, -0.2) is 9.55 Å². The predicted molar refractivity (Wildman–Crippen MR) is 87.0 cm³/mol. The van der Waals surface area contributed by atoms with Crippen LogP contribution in [0, 0.1) is 0 Å². The molecule has 2 nitrogen and oxygen atoms in total. The smallest absolute Gasteiger partial charge is 0.125 e. The van der Waals surface area contributed by atoms with Crippen LogP contribution in [0.15, 0.2) is 35.7 Å². The minimum absolute atomic E-state index is 0.257. The Morgan fingerprint density at radius 2 is 2.20 bits per heavy atom. The van der Waals surface area contributed by atoms with Crippen LogP contribution < -0.4 is 0 Å². The second kappa shape index (κ2) is 5.76. The summed E-state index contributed by atoms with van der Waals surface area (Å²) in [7, 11) is 0. The van der Waals surface area contributed by atoms with Gasteiger partial charge in [-0.25, -0.2) is 4.98 Å². The zero-order valence-electron chi connectivity index (χ0n) is 11.0. The van der Waals surface area contributed by atoms with Crippen LogP contribution in [0.2, 0.25) is 5.02 Å². The maximum atomic E-state index is 6.14. The monoisotopic (exact) mass is 324 g/mol. The van der Waals surface area contributed by atoms with Crippen molar-refractivity contribution < 1.29 is 0 Å². The molecule has 0 radical (unpaired) electrons. The fraction of sp³-hybridized carbons (Fsp3) is 0.267. The van der Waals surface area contributed by atoms with Crippen LogP contribution in [0.4, 0.5) is 0 Å². The number of thiophene rings is 1. The van der Waals surface area contributed by atoms with Gasteiger partial charge in [-0.1, -0.05) is 24.6 Å². The van der Waals surface area contributed by atoms with Gasteiger partial charge in [0.2, 0.25) is 0 Å². The van der Waals surface area contributed by atoms with Gasteiger partial charge in [-0.15, -0.1) is 22.9 Å². The molecule has 104 valence electrons. The van der Waals surface area contributed by atoms with Crippen LogP contribution in [0.5, 0.6) is 0 Å². The van der Waals surface area contributed by atoms with Gasteiger partial charge < -0.3 is 4.57 Å². The Morgan fingerprint density at radius 3 is 2.85 bits per heavy atom. The molecule has 3 aromatic rings. The molecule has 1 unspecified atom stereocenters. The standard InChI is InChI=1S/C15H14Cl2N2S/c1-2-12(14-4-3-7-20-14)19-13-8-10(17)5-6-11(13)18-15(19)9-16/h3-8,12H,2,9H2,1H3. The number of hydrogen-bond acceptors (Lipinski definition) is 2. The van der Waals surface area contributed by atoms with Crippen molar-refractivity contribution in [3.63, 3.8) is 0 Å². The summed E-state index contributed by atoms with van der Waals surface area (Å²) in [5.74, 6) is 1.29. The number of nitrogens with zero attached hydrogens (tertiary/aromatic N) is 2.